The molecular weight excluding hydrogens is 224 g/mol. The average molecular weight is 248 g/mol. The zero-order valence-electron chi connectivity index (χ0n) is 10.8. The van der Waals surface area contributed by atoms with Gasteiger partial charge >= 0.3 is 8.80 Å². The second-order valence-electron chi connectivity index (χ2n) is 4.15. The minimum atomic E-state index is -2.19. The van der Waals surface area contributed by atoms with E-state index in [2.05, 4.69) is 0 Å². The number of ether oxygens (including phenoxy) is 1. The van der Waals surface area contributed by atoms with Gasteiger partial charge in [0.05, 0.1) is 12.2 Å². The SMILES string of the molecule is C1CCC2OC2C1.CC[Si](OC)(OC)OC. The maximum atomic E-state index is 5.28. The molecule has 1 aliphatic carbocycles. The molecule has 2 aliphatic rings. The Bertz CT molecular complexity index is 169. The lowest BCUT2D eigenvalue weighted by molar-refractivity contribution is 0.125. The predicted octanol–water partition coefficient (Wildman–Crippen LogP) is 2.21. The van der Waals surface area contributed by atoms with Crippen molar-refractivity contribution in [1.29, 1.82) is 0 Å². The van der Waals surface area contributed by atoms with Crippen molar-refractivity contribution >= 4 is 8.80 Å². The van der Waals surface area contributed by atoms with Crippen LogP contribution in [0, 0.1) is 0 Å². The highest BCUT2D eigenvalue weighted by Gasteiger charge is 2.39. The summed E-state index contributed by atoms with van der Waals surface area (Å²) >= 11 is 0. The van der Waals surface area contributed by atoms with E-state index in [1.165, 1.54) is 25.7 Å². The summed E-state index contributed by atoms with van der Waals surface area (Å²) < 4.78 is 20.5. The second-order valence-corrected chi connectivity index (χ2v) is 7.44. The molecule has 4 nitrogen and oxygen atoms in total. The number of epoxide rings is 1. The van der Waals surface area contributed by atoms with Crippen molar-refractivity contribution in [2.45, 2.75) is 50.9 Å². The summed E-state index contributed by atoms with van der Waals surface area (Å²) in [6.07, 6.45) is 6.89. The van der Waals surface area contributed by atoms with E-state index < -0.39 is 8.80 Å². The number of fused-ring (bicyclic) bond motifs is 1. The molecule has 2 rings (SSSR count). The van der Waals surface area contributed by atoms with Crippen molar-refractivity contribution in [3.63, 3.8) is 0 Å². The van der Waals surface area contributed by atoms with Crippen LogP contribution in [0.25, 0.3) is 0 Å². The van der Waals surface area contributed by atoms with Crippen molar-refractivity contribution in [3.05, 3.63) is 0 Å². The normalized spacial score (nSPS) is 27.8. The first-order valence-corrected chi connectivity index (χ1v) is 7.95. The molecule has 1 aliphatic heterocycles. The van der Waals surface area contributed by atoms with Crippen molar-refractivity contribution in [1.82, 2.24) is 0 Å². The highest BCUT2D eigenvalue weighted by atomic mass is 28.4. The van der Waals surface area contributed by atoms with E-state index in [9.17, 15) is 0 Å². The van der Waals surface area contributed by atoms with Crippen molar-refractivity contribution < 1.29 is 18.0 Å². The Hall–Kier alpha value is 0.0569. The van der Waals surface area contributed by atoms with Gasteiger partial charge in [-0.3, -0.25) is 0 Å². The van der Waals surface area contributed by atoms with E-state index in [1.54, 1.807) is 21.3 Å². The second kappa shape index (κ2) is 6.71. The van der Waals surface area contributed by atoms with Gasteiger partial charge in [0.1, 0.15) is 0 Å². The van der Waals surface area contributed by atoms with Gasteiger partial charge in [-0.05, 0) is 12.8 Å². The topological polar surface area (TPSA) is 40.2 Å². The molecule has 0 amide bonds. The summed E-state index contributed by atoms with van der Waals surface area (Å²) in [6, 6.07) is 0.816. The minimum absolute atomic E-state index is 0.703. The van der Waals surface area contributed by atoms with Crippen LogP contribution in [0.4, 0.5) is 0 Å². The van der Waals surface area contributed by atoms with Gasteiger partial charge in [-0.2, -0.15) is 0 Å². The van der Waals surface area contributed by atoms with Crippen LogP contribution in [0.1, 0.15) is 32.6 Å². The third-order valence-electron chi connectivity index (χ3n) is 3.28. The third-order valence-corrected chi connectivity index (χ3v) is 6.01. The first kappa shape index (κ1) is 14.1. The molecule has 0 aromatic rings. The van der Waals surface area contributed by atoms with E-state index in [0.29, 0.717) is 12.2 Å². The van der Waals surface area contributed by atoms with Gasteiger partial charge < -0.3 is 18.0 Å². The Morgan fingerprint density at radius 1 is 1.00 bits per heavy atom. The Balaban J connectivity index is 0.000000163. The molecule has 1 saturated heterocycles. The summed E-state index contributed by atoms with van der Waals surface area (Å²) in [7, 11) is 2.65. The van der Waals surface area contributed by atoms with E-state index in [1.807, 2.05) is 6.92 Å². The molecule has 0 N–H and O–H groups in total. The molecule has 2 atom stereocenters. The summed E-state index contributed by atoms with van der Waals surface area (Å²) in [4.78, 5) is 0. The Kier molecular flexibility index (Phi) is 5.92. The molecule has 2 unspecified atom stereocenters. The van der Waals surface area contributed by atoms with Crippen LogP contribution in [0.5, 0.6) is 0 Å². The van der Waals surface area contributed by atoms with Gasteiger partial charge in [0, 0.05) is 27.4 Å². The zero-order chi connectivity index (χ0) is 12.0. The minimum Gasteiger partial charge on any atom is -0.377 e. The number of hydrogen-bond acceptors (Lipinski definition) is 4. The van der Waals surface area contributed by atoms with Crippen LogP contribution >= 0.6 is 0 Å². The third kappa shape index (κ3) is 3.82. The van der Waals surface area contributed by atoms with Crippen LogP contribution in [0.15, 0.2) is 0 Å². The lowest BCUT2D eigenvalue weighted by atomic mass is 10.0. The summed E-state index contributed by atoms with van der Waals surface area (Å²) in [5, 5.41) is 0. The molecule has 16 heavy (non-hydrogen) atoms. The molecule has 0 bridgehead atoms. The fraction of sp³-hybridized carbons (Fsp3) is 1.00. The van der Waals surface area contributed by atoms with Gasteiger partial charge in [-0.15, -0.1) is 0 Å². The lowest BCUT2D eigenvalue weighted by Gasteiger charge is -2.22. The van der Waals surface area contributed by atoms with E-state index in [4.69, 9.17) is 18.0 Å². The molecule has 1 heterocycles. The van der Waals surface area contributed by atoms with Gasteiger partial charge in [0.25, 0.3) is 0 Å². The lowest BCUT2D eigenvalue weighted by Crippen LogP contribution is -2.41. The first-order chi connectivity index (χ1) is 7.71. The summed E-state index contributed by atoms with van der Waals surface area (Å²) in [5.41, 5.74) is 0. The van der Waals surface area contributed by atoms with E-state index in [-0.39, 0.29) is 0 Å². The number of rotatable bonds is 4. The van der Waals surface area contributed by atoms with Gasteiger partial charge in [-0.25, -0.2) is 0 Å². The highest BCUT2D eigenvalue weighted by molar-refractivity contribution is 6.60. The van der Waals surface area contributed by atoms with Crippen molar-refractivity contribution in [3.8, 4) is 0 Å². The van der Waals surface area contributed by atoms with Crippen LogP contribution in [0.3, 0.4) is 0 Å². The molecule has 0 aromatic heterocycles. The molecule has 96 valence electrons. The Morgan fingerprint density at radius 2 is 1.44 bits per heavy atom. The Labute approximate surface area is 99.6 Å². The molecule has 2 fully saturated rings. The largest absolute Gasteiger partial charge is 0.499 e. The van der Waals surface area contributed by atoms with Crippen LogP contribution in [-0.4, -0.2) is 42.3 Å². The Morgan fingerprint density at radius 3 is 1.62 bits per heavy atom. The first-order valence-electron chi connectivity index (χ1n) is 6.02. The van der Waals surface area contributed by atoms with Gasteiger partial charge in [-0.1, -0.05) is 19.8 Å². The number of hydrogen-bond donors (Lipinski definition) is 0. The molecular formula is C11H24O4Si. The van der Waals surface area contributed by atoms with E-state index >= 15 is 0 Å². The van der Waals surface area contributed by atoms with Gasteiger partial charge in [0.2, 0.25) is 0 Å². The standard InChI is InChI=1S/C6H10O.C5H14O3Si/c1-2-4-6-5(3-1)7-6;1-5-9(6-2,7-3)8-4/h5-6H,1-4H2;5H2,1-4H3. The molecule has 5 heteroatoms. The van der Waals surface area contributed by atoms with Crippen molar-refractivity contribution in [2.75, 3.05) is 21.3 Å². The summed E-state index contributed by atoms with van der Waals surface area (Å²) in [5.74, 6) is 0. The highest BCUT2D eigenvalue weighted by Crippen LogP contribution is 2.35. The molecule has 0 spiro atoms. The fourth-order valence-corrected chi connectivity index (χ4v) is 3.43. The van der Waals surface area contributed by atoms with Crippen LogP contribution < -0.4 is 0 Å². The average Bonchev–Trinajstić information content (AvgIpc) is 3.13. The fourth-order valence-electron chi connectivity index (χ4n) is 2.06. The van der Waals surface area contributed by atoms with Gasteiger partial charge in [0.15, 0.2) is 0 Å². The molecule has 0 radical (unpaired) electrons. The maximum absolute atomic E-state index is 5.28. The molecule has 1 saturated carbocycles. The monoisotopic (exact) mass is 248 g/mol. The quantitative estimate of drug-likeness (QED) is 0.565. The predicted molar refractivity (Wildman–Crippen MR) is 64.4 cm³/mol. The maximum Gasteiger partial charge on any atom is 0.499 e. The smallest absolute Gasteiger partial charge is 0.377 e. The van der Waals surface area contributed by atoms with Crippen LogP contribution in [-0.2, 0) is 18.0 Å². The molecule has 0 aromatic carbocycles. The van der Waals surface area contributed by atoms with Crippen LogP contribution in [0.2, 0.25) is 6.04 Å². The van der Waals surface area contributed by atoms with E-state index in [0.717, 1.165) is 6.04 Å². The zero-order valence-corrected chi connectivity index (χ0v) is 11.8. The summed E-state index contributed by atoms with van der Waals surface area (Å²) in [6.45, 7) is 1.99. The van der Waals surface area contributed by atoms with Crippen molar-refractivity contribution in [2.24, 2.45) is 0 Å².